The number of piperidine rings is 1. The van der Waals surface area contributed by atoms with Gasteiger partial charge in [-0.25, -0.2) is 0 Å². The Morgan fingerprint density at radius 1 is 1.30 bits per heavy atom. The molecule has 0 saturated carbocycles. The van der Waals surface area contributed by atoms with Gasteiger partial charge >= 0.3 is 0 Å². The second-order valence-electron chi connectivity index (χ2n) is 6.82. The second-order valence-corrected chi connectivity index (χ2v) is 6.82. The molecule has 0 aromatic heterocycles. The fourth-order valence-electron chi connectivity index (χ4n) is 3.37. The number of para-hydroxylation sites is 1. The molecule has 1 atom stereocenters. The summed E-state index contributed by atoms with van der Waals surface area (Å²) >= 11 is 0. The number of rotatable bonds is 4. The van der Waals surface area contributed by atoms with Crippen LogP contribution in [0.4, 0.5) is 0 Å². The Labute approximate surface area is 138 Å². The topological polar surface area (TPSA) is 42.0 Å². The zero-order chi connectivity index (χ0) is 16.3. The molecule has 5 nitrogen and oxygen atoms in total. The summed E-state index contributed by atoms with van der Waals surface area (Å²) in [6.45, 7) is 2.99. The van der Waals surface area contributed by atoms with Crippen LogP contribution < -0.4 is 4.74 Å². The SMILES string of the molecule is CN(C)C(=O)CN1CCC2(CC1)CC(Oc1ccccc1)CO2. The normalized spacial score (nSPS) is 23.8. The molecule has 3 rings (SSSR count). The molecule has 0 radical (unpaired) electrons. The van der Waals surface area contributed by atoms with Gasteiger partial charge in [-0.05, 0) is 25.0 Å². The highest BCUT2D eigenvalue weighted by atomic mass is 16.6. The first-order valence-corrected chi connectivity index (χ1v) is 8.34. The van der Waals surface area contributed by atoms with Crippen molar-refractivity contribution in [3.63, 3.8) is 0 Å². The van der Waals surface area contributed by atoms with Gasteiger partial charge in [-0.15, -0.1) is 0 Å². The lowest BCUT2D eigenvalue weighted by Gasteiger charge is -2.38. The van der Waals surface area contributed by atoms with Crippen LogP contribution in [-0.2, 0) is 9.53 Å². The van der Waals surface area contributed by atoms with Gasteiger partial charge in [0.05, 0.1) is 18.8 Å². The predicted molar refractivity (Wildman–Crippen MR) is 88.5 cm³/mol. The van der Waals surface area contributed by atoms with Gasteiger partial charge in [-0.1, -0.05) is 18.2 Å². The van der Waals surface area contributed by atoms with Gasteiger partial charge < -0.3 is 14.4 Å². The molecule has 1 spiro atoms. The molecule has 0 aliphatic carbocycles. The Balaban J connectivity index is 1.48. The number of amides is 1. The molecule has 126 valence electrons. The number of likely N-dealkylation sites (tertiary alicyclic amines) is 1. The molecule has 0 N–H and O–H groups in total. The van der Waals surface area contributed by atoms with Crippen molar-refractivity contribution in [3.05, 3.63) is 30.3 Å². The Morgan fingerprint density at radius 2 is 2.00 bits per heavy atom. The van der Waals surface area contributed by atoms with Gasteiger partial charge in [0.25, 0.3) is 0 Å². The van der Waals surface area contributed by atoms with Crippen LogP contribution in [-0.4, -0.2) is 67.7 Å². The van der Waals surface area contributed by atoms with Crippen molar-refractivity contribution in [2.75, 3.05) is 40.3 Å². The van der Waals surface area contributed by atoms with E-state index in [1.807, 2.05) is 30.3 Å². The van der Waals surface area contributed by atoms with E-state index in [0.717, 1.165) is 38.1 Å². The Hall–Kier alpha value is -1.59. The summed E-state index contributed by atoms with van der Waals surface area (Å²) < 4.78 is 12.1. The molecule has 2 aliphatic rings. The van der Waals surface area contributed by atoms with Crippen LogP contribution in [0.25, 0.3) is 0 Å². The minimum absolute atomic E-state index is 0.0584. The van der Waals surface area contributed by atoms with Crippen LogP contribution in [0.1, 0.15) is 19.3 Å². The molecule has 23 heavy (non-hydrogen) atoms. The van der Waals surface area contributed by atoms with Crippen molar-refractivity contribution in [3.8, 4) is 5.75 Å². The maximum absolute atomic E-state index is 11.8. The van der Waals surface area contributed by atoms with E-state index in [0.29, 0.717) is 13.2 Å². The van der Waals surface area contributed by atoms with Crippen molar-refractivity contribution >= 4 is 5.91 Å². The van der Waals surface area contributed by atoms with Gasteiger partial charge in [0.1, 0.15) is 11.9 Å². The Bertz CT molecular complexity index is 524. The summed E-state index contributed by atoms with van der Waals surface area (Å²) in [6.07, 6.45) is 3.02. The molecule has 1 aromatic carbocycles. The van der Waals surface area contributed by atoms with Crippen LogP contribution >= 0.6 is 0 Å². The highest BCUT2D eigenvalue weighted by Gasteiger charge is 2.43. The molecule has 1 aromatic rings. The number of nitrogens with zero attached hydrogens (tertiary/aromatic N) is 2. The molecule has 1 amide bonds. The highest BCUT2D eigenvalue weighted by Crippen LogP contribution is 2.37. The quantitative estimate of drug-likeness (QED) is 0.849. The molecule has 0 bridgehead atoms. The lowest BCUT2D eigenvalue weighted by atomic mass is 9.88. The number of carbonyl (C=O) groups excluding carboxylic acids is 1. The molecule has 2 aliphatic heterocycles. The molecular formula is C18H26N2O3. The third-order valence-electron chi connectivity index (χ3n) is 4.85. The third-order valence-corrected chi connectivity index (χ3v) is 4.85. The summed E-state index contributed by atoms with van der Waals surface area (Å²) in [5, 5.41) is 0. The van der Waals surface area contributed by atoms with Gasteiger partial charge in [-0.2, -0.15) is 0 Å². The van der Waals surface area contributed by atoms with E-state index >= 15 is 0 Å². The molecule has 1 unspecified atom stereocenters. The number of benzene rings is 1. The smallest absolute Gasteiger partial charge is 0.236 e. The van der Waals surface area contributed by atoms with E-state index in [1.165, 1.54) is 0 Å². The standard InChI is InChI=1S/C18H26N2O3/c1-19(2)17(21)13-20-10-8-18(9-11-20)12-16(14-22-18)23-15-6-4-3-5-7-15/h3-7,16H,8-14H2,1-2H3. The van der Waals surface area contributed by atoms with Crippen molar-refractivity contribution < 1.29 is 14.3 Å². The fraction of sp³-hybridized carbons (Fsp3) is 0.611. The average molecular weight is 318 g/mol. The summed E-state index contributed by atoms with van der Waals surface area (Å²) in [6, 6.07) is 9.94. The number of hydrogen-bond donors (Lipinski definition) is 0. The summed E-state index contributed by atoms with van der Waals surface area (Å²) in [5.74, 6) is 1.07. The molecule has 2 heterocycles. The summed E-state index contributed by atoms with van der Waals surface area (Å²) in [7, 11) is 3.61. The van der Waals surface area contributed by atoms with E-state index in [-0.39, 0.29) is 17.6 Å². The summed E-state index contributed by atoms with van der Waals surface area (Å²) in [5.41, 5.74) is -0.0584. The summed E-state index contributed by atoms with van der Waals surface area (Å²) in [4.78, 5) is 15.7. The largest absolute Gasteiger partial charge is 0.488 e. The van der Waals surface area contributed by atoms with Crippen molar-refractivity contribution in [2.45, 2.75) is 31.0 Å². The Kier molecular flexibility index (Phi) is 4.87. The van der Waals surface area contributed by atoms with Crippen LogP contribution in [0, 0.1) is 0 Å². The zero-order valence-electron chi connectivity index (χ0n) is 14.0. The van der Waals surface area contributed by atoms with Gasteiger partial charge in [0.15, 0.2) is 0 Å². The maximum Gasteiger partial charge on any atom is 0.236 e. The minimum atomic E-state index is -0.0584. The molecule has 2 fully saturated rings. The number of carbonyl (C=O) groups is 1. The van der Waals surface area contributed by atoms with Crippen molar-refractivity contribution in [2.24, 2.45) is 0 Å². The van der Waals surface area contributed by atoms with E-state index in [2.05, 4.69) is 4.90 Å². The van der Waals surface area contributed by atoms with Crippen molar-refractivity contribution in [1.82, 2.24) is 9.80 Å². The lowest BCUT2D eigenvalue weighted by molar-refractivity contribution is -0.131. The number of hydrogen-bond acceptors (Lipinski definition) is 4. The van der Waals surface area contributed by atoms with E-state index < -0.39 is 0 Å². The minimum Gasteiger partial charge on any atom is -0.488 e. The maximum atomic E-state index is 11.8. The van der Waals surface area contributed by atoms with Gasteiger partial charge in [-0.3, -0.25) is 9.69 Å². The van der Waals surface area contributed by atoms with Crippen molar-refractivity contribution in [1.29, 1.82) is 0 Å². The fourth-order valence-corrected chi connectivity index (χ4v) is 3.37. The van der Waals surface area contributed by atoms with E-state index in [9.17, 15) is 4.79 Å². The van der Waals surface area contributed by atoms with E-state index in [1.54, 1.807) is 19.0 Å². The van der Waals surface area contributed by atoms with Crippen LogP contribution in [0.2, 0.25) is 0 Å². The zero-order valence-corrected chi connectivity index (χ0v) is 14.0. The highest BCUT2D eigenvalue weighted by molar-refractivity contribution is 5.77. The number of ether oxygens (including phenoxy) is 2. The third kappa shape index (κ3) is 4.03. The lowest BCUT2D eigenvalue weighted by Crippen LogP contribution is -2.47. The van der Waals surface area contributed by atoms with E-state index in [4.69, 9.17) is 9.47 Å². The van der Waals surface area contributed by atoms with Crippen LogP contribution in [0.15, 0.2) is 30.3 Å². The molecule has 2 saturated heterocycles. The van der Waals surface area contributed by atoms with Crippen LogP contribution in [0.3, 0.4) is 0 Å². The first-order chi connectivity index (χ1) is 11.1. The first-order valence-electron chi connectivity index (χ1n) is 8.34. The molecule has 5 heteroatoms. The predicted octanol–water partition coefficient (Wildman–Crippen LogP) is 1.78. The van der Waals surface area contributed by atoms with Gasteiger partial charge in [0, 0.05) is 33.6 Å². The monoisotopic (exact) mass is 318 g/mol. The van der Waals surface area contributed by atoms with Crippen LogP contribution in [0.5, 0.6) is 5.75 Å². The Morgan fingerprint density at radius 3 is 2.65 bits per heavy atom. The number of likely N-dealkylation sites (N-methyl/N-ethyl adjacent to an activating group) is 1. The average Bonchev–Trinajstić information content (AvgIpc) is 2.93. The molecular weight excluding hydrogens is 292 g/mol. The second kappa shape index (κ2) is 6.89. The van der Waals surface area contributed by atoms with Gasteiger partial charge in [0.2, 0.25) is 5.91 Å². The first kappa shape index (κ1) is 16.3.